The van der Waals surface area contributed by atoms with Crippen molar-refractivity contribution >= 4 is 29.0 Å². The van der Waals surface area contributed by atoms with Gasteiger partial charge in [-0.3, -0.25) is 9.59 Å². The summed E-state index contributed by atoms with van der Waals surface area (Å²) in [6, 6.07) is 10.9. The zero-order valence-electron chi connectivity index (χ0n) is 12.5. The number of benzene rings is 2. The molecule has 0 aliphatic carbocycles. The molecule has 128 valence electrons. The van der Waals surface area contributed by atoms with E-state index in [4.69, 9.17) is 16.9 Å². The van der Waals surface area contributed by atoms with Gasteiger partial charge in [-0.25, -0.2) is 0 Å². The van der Waals surface area contributed by atoms with Gasteiger partial charge in [0.05, 0.1) is 11.6 Å². The molecule has 8 heteroatoms. The second-order valence-electron chi connectivity index (χ2n) is 5.00. The monoisotopic (exact) mass is 366 g/mol. The van der Waals surface area contributed by atoms with E-state index in [0.29, 0.717) is 5.02 Å². The van der Waals surface area contributed by atoms with Crippen LogP contribution in [0, 0.1) is 17.2 Å². The maximum Gasteiger partial charge on any atom is 0.416 e. The number of anilines is 1. The van der Waals surface area contributed by atoms with Crippen molar-refractivity contribution in [2.75, 3.05) is 5.32 Å². The molecule has 25 heavy (non-hydrogen) atoms. The number of carbonyl (C=O) groups excluding carboxylic acids is 2. The van der Waals surface area contributed by atoms with Crippen LogP contribution in [0.1, 0.15) is 15.9 Å². The first kappa shape index (κ1) is 18.5. The Bertz CT molecular complexity index is 825. The average molecular weight is 367 g/mol. The molecule has 2 aromatic carbocycles. The second kappa shape index (κ2) is 7.36. The van der Waals surface area contributed by atoms with Crippen molar-refractivity contribution in [3.05, 3.63) is 64.7 Å². The molecule has 0 aliphatic heterocycles. The molecule has 0 spiro atoms. The van der Waals surface area contributed by atoms with E-state index in [-0.39, 0.29) is 11.3 Å². The smallest absolute Gasteiger partial charge is 0.325 e. The van der Waals surface area contributed by atoms with Crippen LogP contribution in [0.4, 0.5) is 18.9 Å². The molecule has 2 rings (SSSR count). The highest BCUT2D eigenvalue weighted by Crippen LogP contribution is 2.29. The van der Waals surface area contributed by atoms with E-state index < -0.39 is 29.3 Å². The summed E-state index contributed by atoms with van der Waals surface area (Å²) in [4.78, 5) is 24.3. The van der Waals surface area contributed by atoms with E-state index in [2.05, 4.69) is 5.32 Å². The molecule has 0 saturated carbocycles. The van der Waals surface area contributed by atoms with Gasteiger partial charge in [0, 0.05) is 16.3 Å². The molecule has 0 heterocycles. The fourth-order valence-corrected chi connectivity index (χ4v) is 2.10. The summed E-state index contributed by atoms with van der Waals surface area (Å²) in [6.07, 6.45) is -4.50. The summed E-state index contributed by atoms with van der Waals surface area (Å²) >= 11 is 5.71. The van der Waals surface area contributed by atoms with Crippen molar-refractivity contribution in [2.45, 2.75) is 6.18 Å². The number of halogens is 4. The maximum absolute atomic E-state index is 12.5. The lowest BCUT2D eigenvalue weighted by Crippen LogP contribution is -2.28. The topological polar surface area (TPSA) is 70.0 Å². The Morgan fingerprint density at radius 3 is 2.08 bits per heavy atom. The number of Topliss-reactive ketones (excluding diaryl/α,β-unsaturated/α-hetero) is 1. The molecule has 1 N–H and O–H groups in total. The molecule has 0 bridgehead atoms. The van der Waals surface area contributed by atoms with Crippen molar-refractivity contribution in [1.82, 2.24) is 0 Å². The van der Waals surface area contributed by atoms with Crippen LogP contribution < -0.4 is 5.32 Å². The van der Waals surface area contributed by atoms with Crippen LogP contribution in [0.2, 0.25) is 5.02 Å². The van der Waals surface area contributed by atoms with Gasteiger partial charge in [0.15, 0.2) is 11.7 Å². The zero-order valence-corrected chi connectivity index (χ0v) is 13.2. The third kappa shape index (κ3) is 4.58. The quantitative estimate of drug-likeness (QED) is 0.647. The second-order valence-corrected chi connectivity index (χ2v) is 5.43. The van der Waals surface area contributed by atoms with E-state index in [1.165, 1.54) is 24.3 Å². The van der Waals surface area contributed by atoms with Crippen LogP contribution in [0.15, 0.2) is 48.5 Å². The SMILES string of the molecule is N#CC(C(=O)Nc1ccc(C(F)(F)F)cc1)C(=O)c1ccc(Cl)cc1. The first-order chi connectivity index (χ1) is 11.7. The number of rotatable bonds is 4. The highest BCUT2D eigenvalue weighted by Gasteiger charge is 2.31. The van der Waals surface area contributed by atoms with Crippen molar-refractivity contribution < 1.29 is 22.8 Å². The summed E-state index contributed by atoms with van der Waals surface area (Å²) in [7, 11) is 0. The Morgan fingerprint density at radius 2 is 1.60 bits per heavy atom. The van der Waals surface area contributed by atoms with Gasteiger partial charge in [-0.1, -0.05) is 11.6 Å². The van der Waals surface area contributed by atoms with Crippen LogP contribution in [0.3, 0.4) is 0 Å². The van der Waals surface area contributed by atoms with Gasteiger partial charge >= 0.3 is 6.18 Å². The molecule has 4 nitrogen and oxygen atoms in total. The number of hydrogen-bond donors (Lipinski definition) is 1. The number of alkyl halides is 3. The fourth-order valence-electron chi connectivity index (χ4n) is 1.97. The van der Waals surface area contributed by atoms with E-state index in [1.807, 2.05) is 0 Å². The van der Waals surface area contributed by atoms with Crippen LogP contribution in [0.5, 0.6) is 0 Å². The van der Waals surface area contributed by atoms with Gasteiger partial charge in [-0.15, -0.1) is 0 Å². The molecule has 1 atom stereocenters. The van der Waals surface area contributed by atoms with E-state index in [0.717, 1.165) is 24.3 Å². The Kier molecular flexibility index (Phi) is 5.45. The maximum atomic E-state index is 12.5. The summed E-state index contributed by atoms with van der Waals surface area (Å²) < 4.78 is 37.5. The first-order valence-electron chi connectivity index (χ1n) is 6.90. The zero-order chi connectivity index (χ0) is 18.6. The normalized spacial score (nSPS) is 12.1. The number of nitrogens with zero attached hydrogens (tertiary/aromatic N) is 1. The molecule has 1 amide bonds. The average Bonchev–Trinajstić information content (AvgIpc) is 2.55. The van der Waals surface area contributed by atoms with Gasteiger partial charge in [0.1, 0.15) is 0 Å². The Morgan fingerprint density at radius 1 is 1.04 bits per heavy atom. The van der Waals surface area contributed by atoms with Crippen LogP contribution in [-0.4, -0.2) is 11.7 Å². The van der Waals surface area contributed by atoms with E-state index in [9.17, 15) is 22.8 Å². The van der Waals surface area contributed by atoms with Crippen molar-refractivity contribution in [3.8, 4) is 6.07 Å². The minimum Gasteiger partial charge on any atom is -0.325 e. The van der Waals surface area contributed by atoms with Crippen LogP contribution in [0.25, 0.3) is 0 Å². The lowest BCUT2D eigenvalue weighted by atomic mass is 9.98. The largest absolute Gasteiger partial charge is 0.416 e. The highest BCUT2D eigenvalue weighted by molar-refractivity contribution is 6.30. The number of nitrogens with one attached hydrogen (secondary N) is 1. The highest BCUT2D eigenvalue weighted by atomic mass is 35.5. The predicted molar refractivity (Wildman–Crippen MR) is 85.0 cm³/mol. The minimum atomic E-state index is -4.50. The molecule has 0 fully saturated rings. The summed E-state index contributed by atoms with van der Waals surface area (Å²) in [5, 5.41) is 11.8. The van der Waals surface area contributed by atoms with E-state index >= 15 is 0 Å². The third-order valence-electron chi connectivity index (χ3n) is 3.26. The Hall–Kier alpha value is -2.85. The van der Waals surface area contributed by atoms with Crippen molar-refractivity contribution in [2.24, 2.45) is 5.92 Å². The number of nitriles is 1. The molecule has 0 saturated heterocycles. The third-order valence-corrected chi connectivity index (χ3v) is 3.51. The Labute approximate surface area is 145 Å². The molecule has 1 unspecified atom stereocenters. The van der Waals surface area contributed by atoms with Gasteiger partial charge in [-0.2, -0.15) is 18.4 Å². The molecular weight excluding hydrogens is 357 g/mol. The molecule has 0 aromatic heterocycles. The van der Waals surface area contributed by atoms with Crippen molar-refractivity contribution in [3.63, 3.8) is 0 Å². The summed E-state index contributed by atoms with van der Waals surface area (Å²) in [6.45, 7) is 0. The van der Waals surface area contributed by atoms with Crippen molar-refractivity contribution in [1.29, 1.82) is 5.26 Å². The Balaban J connectivity index is 2.13. The van der Waals surface area contributed by atoms with Gasteiger partial charge in [0.2, 0.25) is 5.91 Å². The van der Waals surface area contributed by atoms with Gasteiger partial charge in [-0.05, 0) is 48.5 Å². The van der Waals surface area contributed by atoms with Gasteiger partial charge < -0.3 is 5.32 Å². The van der Waals surface area contributed by atoms with Crippen LogP contribution in [-0.2, 0) is 11.0 Å². The fraction of sp³-hybridized carbons (Fsp3) is 0.118. The number of carbonyl (C=O) groups is 2. The summed E-state index contributed by atoms with van der Waals surface area (Å²) in [5.41, 5.74) is -0.708. The number of amides is 1. The number of hydrogen-bond acceptors (Lipinski definition) is 3. The molecule has 0 aliphatic rings. The lowest BCUT2D eigenvalue weighted by molar-refractivity contribution is -0.137. The molecular formula is C17H10ClF3N2O2. The standard InChI is InChI=1S/C17H10ClF3N2O2/c18-12-5-1-10(2-6-12)15(24)14(9-22)16(25)23-13-7-3-11(4-8-13)17(19,20)21/h1-8,14H,(H,23,25). The predicted octanol–water partition coefficient (Wildman–Crippen LogP) is 4.32. The summed E-state index contributed by atoms with van der Waals surface area (Å²) in [5.74, 6) is -3.30. The van der Waals surface area contributed by atoms with E-state index in [1.54, 1.807) is 6.07 Å². The van der Waals surface area contributed by atoms with Crippen LogP contribution >= 0.6 is 11.6 Å². The number of ketones is 1. The lowest BCUT2D eigenvalue weighted by Gasteiger charge is -2.11. The molecule has 2 aromatic rings. The van der Waals surface area contributed by atoms with Gasteiger partial charge in [0.25, 0.3) is 0 Å². The minimum absolute atomic E-state index is 0.0437. The first-order valence-corrected chi connectivity index (χ1v) is 7.27. The molecule has 0 radical (unpaired) electrons.